The van der Waals surface area contributed by atoms with Crippen molar-refractivity contribution in [3.63, 3.8) is 0 Å². The van der Waals surface area contributed by atoms with Gasteiger partial charge in [0.05, 0.1) is 6.61 Å². The lowest BCUT2D eigenvalue weighted by Crippen LogP contribution is -2.30. The predicted octanol–water partition coefficient (Wildman–Crippen LogP) is 2.58. The minimum absolute atomic E-state index is 0.335. The fraction of sp³-hybridized carbons (Fsp3) is 0.786. The van der Waals surface area contributed by atoms with Crippen LogP contribution in [0.4, 0.5) is 0 Å². The smallest absolute Gasteiger partial charge is 0.339 e. The zero-order valence-corrected chi connectivity index (χ0v) is 10.6. The standard InChI is InChI=1S/C14H22O3/c1-2-17-14(16)13(15)12-9-5-7-10-6-3-4-8-11(10)12/h10,13,15H,2-9H2,1H3. The first-order valence-electron chi connectivity index (χ1n) is 6.80. The van der Waals surface area contributed by atoms with Crippen molar-refractivity contribution in [3.8, 4) is 0 Å². The van der Waals surface area contributed by atoms with Gasteiger partial charge in [0.15, 0.2) is 6.10 Å². The molecular formula is C14H22O3. The summed E-state index contributed by atoms with van der Waals surface area (Å²) in [6.45, 7) is 2.11. The number of carbonyl (C=O) groups excluding carboxylic acids is 1. The number of aliphatic hydroxyl groups excluding tert-OH is 1. The lowest BCUT2D eigenvalue weighted by molar-refractivity contribution is -0.151. The molecule has 0 aliphatic heterocycles. The van der Waals surface area contributed by atoms with Crippen molar-refractivity contribution in [1.82, 2.24) is 0 Å². The zero-order valence-electron chi connectivity index (χ0n) is 10.6. The molecule has 96 valence electrons. The van der Waals surface area contributed by atoms with Crippen LogP contribution in [0.3, 0.4) is 0 Å². The Morgan fingerprint density at radius 3 is 2.88 bits per heavy atom. The molecule has 2 rings (SSSR count). The lowest BCUT2D eigenvalue weighted by atomic mass is 9.73. The van der Waals surface area contributed by atoms with Crippen LogP contribution in [0.5, 0.6) is 0 Å². The van der Waals surface area contributed by atoms with E-state index < -0.39 is 12.1 Å². The van der Waals surface area contributed by atoms with E-state index in [0.717, 1.165) is 24.8 Å². The molecule has 0 aromatic rings. The molecule has 0 amide bonds. The number of rotatable bonds is 3. The van der Waals surface area contributed by atoms with Gasteiger partial charge in [-0.1, -0.05) is 12.0 Å². The van der Waals surface area contributed by atoms with Gasteiger partial charge in [0.25, 0.3) is 0 Å². The second-order valence-electron chi connectivity index (χ2n) is 5.04. The SMILES string of the molecule is CCOC(=O)C(O)C1=C2CCCCC2CCC1. The number of aliphatic hydroxyl groups is 1. The molecule has 1 saturated carbocycles. The lowest BCUT2D eigenvalue weighted by Gasteiger charge is -2.33. The van der Waals surface area contributed by atoms with Gasteiger partial charge in [0.1, 0.15) is 0 Å². The normalized spacial score (nSPS) is 26.4. The average molecular weight is 238 g/mol. The van der Waals surface area contributed by atoms with Crippen LogP contribution >= 0.6 is 0 Å². The number of hydrogen-bond acceptors (Lipinski definition) is 3. The van der Waals surface area contributed by atoms with Crippen LogP contribution in [-0.4, -0.2) is 23.8 Å². The predicted molar refractivity (Wildman–Crippen MR) is 65.5 cm³/mol. The van der Waals surface area contributed by atoms with Gasteiger partial charge in [-0.2, -0.15) is 0 Å². The first kappa shape index (κ1) is 12.6. The molecule has 2 aliphatic rings. The van der Waals surface area contributed by atoms with Crippen molar-refractivity contribution in [3.05, 3.63) is 11.1 Å². The summed E-state index contributed by atoms with van der Waals surface area (Å²) >= 11 is 0. The van der Waals surface area contributed by atoms with Gasteiger partial charge in [-0.15, -0.1) is 0 Å². The molecular weight excluding hydrogens is 216 g/mol. The van der Waals surface area contributed by atoms with Crippen LogP contribution in [-0.2, 0) is 9.53 Å². The summed E-state index contributed by atoms with van der Waals surface area (Å²) in [5.41, 5.74) is 2.34. The highest BCUT2D eigenvalue weighted by atomic mass is 16.5. The van der Waals surface area contributed by atoms with Crippen molar-refractivity contribution in [1.29, 1.82) is 0 Å². The van der Waals surface area contributed by atoms with Gasteiger partial charge >= 0.3 is 5.97 Å². The molecule has 0 bridgehead atoms. The fourth-order valence-electron chi connectivity index (χ4n) is 3.20. The topological polar surface area (TPSA) is 46.5 Å². The summed E-state index contributed by atoms with van der Waals surface area (Å²) in [7, 11) is 0. The highest BCUT2D eigenvalue weighted by Crippen LogP contribution is 2.41. The largest absolute Gasteiger partial charge is 0.464 e. The summed E-state index contributed by atoms with van der Waals surface area (Å²) in [5, 5.41) is 10.1. The summed E-state index contributed by atoms with van der Waals surface area (Å²) in [4.78, 5) is 11.6. The van der Waals surface area contributed by atoms with Crippen molar-refractivity contribution in [2.45, 2.75) is 58.0 Å². The molecule has 1 N–H and O–H groups in total. The van der Waals surface area contributed by atoms with Gasteiger partial charge in [0, 0.05) is 0 Å². The summed E-state index contributed by atoms with van der Waals surface area (Å²) in [6, 6.07) is 0. The number of allylic oxidation sites excluding steroid dienone is 1. The Bertz CT molecular complexity index is 319. The van der Waals surface area contributed by atoms with Gasteiger partial charge in [-0.3, -0.25) is 0 Å². The van der Waals surface area contributed by atoms with Crippen molar-refractivity contribution in [2.75, 3.05) is 6.61 Å². The Hall–Kier alpha value is -0.830. The van der Waals surface area contributed by atoms with E-state index in [1.165, 1.54) is 31.3 Å². The Morgan fingerprint density at radius 1 is 1.35 bits per heavy atom. The van der Waals surface area contributed by atoms with E-state index in [1.54, 1.807) is 6.92 Å². The maximum absolute atomic E-state index is 11.6. The van der Waals surface area contributed by atoms with Gasteiger partial charge in [-0.25, -0.2) is 4.79 Å². The summed E-state index contributed by atoms with van der Waals surface area (Å²) < 4.78 is 4.91. The highest BCUT2D eigenvalue weighted by Gasteiger charge is 2.31. The van der Waals surface area contributed by atoms with Crippen molar-refractivity contribution >= 4 is 5.97 Å². The molecule has 2 aliphatic carbocycles. The van der Waals surface area contributed by atoms with E-state index in [9.17, 15) is 9.90 Å². The number of hydrogen-bond donors (Lipinski definition) is 1. The molecule has 1 fully saturated rings. The molecule has 0 aromatic carbocycles. The molecule has 2 atom stereocenters. The molecule has 0 aromatic heterocycles. The molecule has 17 heavy (non-hydrogen) atoms. The van der Waals surface area contributed by atoms with Gasteiger partial charge in [-0.05, 0) is 56.9 Å². The van der Waals surface area contributed by atoms with E-state index in [4.69, 9.17) is 4.74 Å². The molecule has 0 spiro atoms. The fourth-order valence-corrected chi connectivity index (χ4v) is 3.20. The average Bonchev–Trinajstić information content (AvgIpc) is 2.37. The van der Waals surface area contributed by atoms with Crippen molar-refractivity contribution < 1.29 is 14.6 Å². The first-order valence-corrected chi connectivity index (χ1v) is 6.80. The van der Waals surface area contributed by atoms with Crippen molar-refractivity contribution in [2.24, 2.45) is 5.92 Å². The van der Waals surface area contributed by atoms with E-state index in [2.05, 4.69) is 0 Å². The monoisotopic (exact) mass is 238 g/mol. The first-order chi connectivity index (χ1) is 8.24. The van der Waals surface area contributed by atoms with E-state index >= 15 is 0 Å². The Labute approximate surface area is 103 Å². The summed E-state index contributed by atoms with van der Waals surface area (Å²) in [5.74, 6) is 0.151. The minimum atomic E-state index is -1.01. The molecule has 3 nitrogen and oxygen atoms in total. The number of esters is 1. The molecule has 0 heterocycles. The van der Waals surface area contributed by atoms with E-state index in [-0.39, 0.29) is 0 Å². The van der Waals surface area contributed by atoms with Crippen LogP contribution < -0.4 is 0 Å². The van der Waals surface area contributed by atoms with Crippen LogP contribution in [0.1, 0.15) is 51.9 Å². The highest BCUT2D eigenvalue weighted by molar-refractivity contribution is 5.78. The third-order valence-electron chi connectivity index (χ3n) is 3.99. The molecule has 3 heteroatoms. The maximum Gasteiger partial charge on any atom is 0.339 e. The van der Waals surface area contributed by atoms with Crippen LogP contribution in [0.25, 0.3) is 0 Å². The Morgan fingerprint density at radius 2 is 2.12 bits per heavy atom. The second kappa shape index (κ2) is 5.67. The Balaban J connectivity index is 2.16. The van der Waals surface area contributed by atoms with Gasteiger partial charge < -0.3 is 9.84 Å². The second-order valence-corrected chi connectivity index (χ2v) is 5.04. The quantitative estimate of drug-likeness (QED) is 0.607. The maximum atomic E-state index is 11.6. The molecule has 0 saturated heterocycles. The van der Waals surface area contributed by atoms with Crippen LogP contribution in [0, 0.1) is 5.92 Å². The number of fused-ring (bicyclic) bond motifs is 1. The molecule has 2 unspecified atom stereocenters. The Kier molecular flexibility index (Phi) is 4.21. The van der Waals surface area contributed by atoms with E-state index in [1.807, 2.05) is 0 Å². The number of carbonyl (C=O) groups is 1. The number of ether oxygens (including phenoxy) is 1. The van der Waals surface area contributed by atoms with Gasteiger partial charge in [0.2, 0.25) is 0 Å². The zero-order chi connectivity index (χ0) is 12.3. The van der Waals surface area contributed by atoms with E-state index in [0.29, 0.717) is 12.5 Å². The summed E-state index contributed by atoms with van der Waals surface area (Å²) in [6.07, 6.45) is 6.97. The minimum Gasteiger partial charge on any atom is -0.464 e. The van der Waals surface area contributed by atoms with Crippen LogP contribution in [0.15, 0.2) is 11.1 Å². The molecule has 0 radical (unpaired) electrons. The third kappa shape index (κ3) is 2.71. The van der Waals surface area contributed by atoms with Crippen LogP contribution in [0.2, 0.25) is 0 Å². The third-order valence-corrected chi connectivity index (χ3v) is 3.99.